The van der Waals surface area contributed by atoms with Crippen molar-refractivity contribution in [1.82, 2.24) is 10.2 Å². The van der Waals surface area contributed by atoms with Crippen LogP contribution in [0.4, 0.5) is 0 Å². The van der Waals surface area contributed by atoms with E-state index in [4.69, 9.17) is 33.2 Å². The summed E-state index contributed by atoms with van der Waals surface area (Å²) in [4.78, 5) is 16.4. The molecule has 1 spiro atoms. The molecule has 14 heteroatoms. The zero-order valence-electron chi connectivity index (χ0n) is 36.9. The third-order valence-corrected chi connectivity index (χ3v) is 13.6. The number of carbonyl (C=O) groups excluding carboxylic acids is 1. The van der Waals surface area contributed by atoms with Crippen LogP contribution in [0.5, 0.6) is 5.75 Å². The lowest BCUT2D eigenvalue weighted by Crippen LogP contribution is -2.60. The van der Waals surface area contributed by atoms with Gasteiger partial charge < -0.3 is 58.9 Å². The standard InChI is InChI=1S/C44H74N2O12/c1-13-34-43(10,51)38(48)29(7)45-21-24(2)20-42(9,50)39(27(5)37(28(6)40(49)56-34)57-35-18-25(3)44(23-53-44)30(8)55-35)58-41-36(47)33(19-26(4)54-41)46(11)22-31-14-16-32(52-12)17-15-31/h14-17,24-30,33-39,41,45,47-48,50-51H,13,18-23H2,1-12H3/t24-,25?,26-,27+,28-,29-,30+,33?,34-,35+,36-,37+,38-,39-,41+,42-,43-,44-/m1/s1. The lowest BCUT2D eigenvalue weighted by molar-refractivity contribution is -0.309. The van der Waals surface area contributed by atoms with E-state index in [1.54, 1.807) is 34.8 Å². The molecule has 4 heterocycles. The molecular formula is C44H74N2O12. The van der Waals surface area contributed by atoms with Crippen LogP contribution in [0, 0.1) is 23.7 Å². The number of benzene rings is 1. The van der Waals surface area contributed by atoms with Crippen LogP contribution in [0.2, 0.25) is 0 Å². The van der Waals surface area contributed by atoms with E-state index < -0.39 is 78.1 Å². The maximum atomic E-state index is 14.3. The number of aliphatic hydroxyl groups excluding tert-OH is 2. The Kier molecular flexibility index (Phi) is 15.4. The van der Waals surface area contributed by atoms with Crippen LogP contribution in [0.15, 0.2) is 24.3 Å². The van der Waals surface area contributed by atoms with Crippen molar-refractivity contribution in [1.29, 1.82) is 0 Å². The number of likely N-dealkylation sites (N-methyl/N-ethyl adjacent to an activating group) is 1. The van der Waals surface area contributed by atoms with E-state index in [1.165, 1.54) is 6.92 Å². The minimum Gasteiger partial charge on any atom is -0.497 e. The Labute approximate surface area is 346 Å². The first kappa shape index (κ1) is 47.1. The topological polar surface area (TPSA) is 181 Å². The molecule has 0 aliphatic carbocycles. The van der Waals surface area contributed by atoms with Crippen LogP contribution < -0.4 is 10.1 Å². The summed E-state index contributed by atoms with van der Waals surface area (Å²) in [5, 5.41) is 51.1. The maximum absolute atomic E-state index is 14.3. The highest BCUT2D eigenvalue weighted by molar-refractivity contribution is 5.73. The minimum absolute atomic E-state index is 0.117. The molecule has 0 saturated carbocycles. The van der Waals surface area contributed by atoms with Crippen molar-refractivity contribution in [3.05, 3.63) is 29.8 Å². The van der Waals surface area contributed by atoms with Gasteiger partial charge in [-0.25, -0.2) is 0 Å². The monoisotopic (exact) mass is 823 g/mol. The van der Waals surface area contributed by atoms with Gasteiger partial charge in [0.2, 0.25) is 0 Å². The zero-order valence-corrected chi connectivity index (χ0v) is 36.9. The van der Waals surface area contributed by atoms with Gasteiger partial charge in [0, 0.05) is 31.0 Å². The van der Waals surface area contributed by atoms with Gasteiger partial charge in [-0.05, 0) is 104 Å². The summed E-state index contributed by atoms with van der Waals surface area (Å²) < 4.78 is 43.8. The summed E-state index contributed by atoms with van der Waals surface area (Å²) in [6.45, 7) is 19.9. The van der Waals surface area contributed by atoms with E-state index >= 15 is 0 Å². The molecule has 5 N–H and O–H groups in total. The third kappa shape index (κ3) is 10.4. The Hall–Kier alpha value is -1.95. The van der Waals surface area contributed by atoms with E-state index in [-0.39, 0.29) is 48.5 Å². The Balaban J connectivity index is 1.50. The molecule has 14 nitrogen and oxygen atoms in total. The largest absolute Gasteiger partial charge is 0.497 e. The van der Waals surface area contributed by atoms with Crippen molar-refractivity contribution >= 4 is 5.97 Å². The summed E-state index contributed by atoms with van der Waals surface area (Å²) in [5.74, 6) is -1.55. The molecule has 0 amide bonds. The number of hydrogen-bond acceptors (Lipinski definition) is 14. The fourth-order valence-electron chi connectivity index (χ4n) is 9.81. The van der Waals surface area contributed by atoms with Crippen LogP contribution in [0.1, 0.15) is 100 Å². The number of carbonyl (C=O) groups is 1. The van der Waals surface area contributed by atoms with Crippen LogP contribution >= 0.6 is 0 Å². The van der Waals surface area contributed by atoms with Crippen LogP contribution in [-0.2, 0) is 39.8 Å². The molecule has 4 aliphatic heterocycles. The number of epoxide rings is 1. The number of nitrogens with zero attached hydrogens (tertiary/aromatic N) is 1. The molecule has 5 rings (SSSR count). The van der Waals surface area contributed by atoms with Crippen LogP contribution in [0.25, 0.3) is 0 Å². The van der Waals surface area contributed by atoms with Crippen molar-refractivity contribution in [2.75, 3.05) is 27.3 Å². The molecule has 0 radical (unpaired) electrons. The summed E-state index contributed by atoms with van der Waals surface area (Å²) in [6, 6.07) is 6.89. The molecular weight excluding hydrogens is 748 g/mol. The molecule has 1 aromatic rings. The third-order valence-electron chi connectivity index (χ3n) is 13.6. The first-order valence-electron chi connectivity index (χ1n) is 21.5. The predicted molar refractivity (Wildman–Crippen MR) is 217 cm³/mol. The van der Waals surface area contributed by atoms with Crippen molar-refractivity contribution < 1.29 is 58.4 Å². The summed E-state index contributed by atoms with van der Waals surface area (Å²) in [6.07, 6.45) is -6.19. The zero-order chi connectivity index (χ0) is 42.9. The Bertz CT molecular complexity index is 1460. The summed E-state index contributed by atoms with van der Waals surface area (Å²) in [7, 11) is 3.59. The fourth-order valence-corrected chi connectivity index (χ4v) is 9.81. The van der Waals surface area contributed by atoms with Gasteiger partial charge in [0.1, 0.15) is 35.3 Å². The minimum atomic E-state index is -1.78. The molecule has 4 aliphatic rings. The molecule has 332 valence electrons. The number of aliphatic hydroxyl groups is 4. The maximum Gasteiger partial charge on any atom is 0.311 e. The van der Waals surface area contributed by atoms with Crippen LogP contribution in [0.3, 0.4) is 0 Å². The van der Waals surface area contributed by atoms with E-state index in [0.29, 0.717) is 32.5 Å². The summed E-state index contributed by atoms with van der Waals surface area (Å²) in [5.41, 5.74) is -2.64. The highest BCUT2D eigenvalue weighted by atomic mass is 16.7. The van der Waals surface area contributed by atoms with Crippen molar-refractivity contribution in [2.24, 2.45) is 23.7 Å². The number of methoxy groups -OCH3 is 1. The number of nitrogens with one attached hydrogen (secondary N) is 1. The van der Waals surface area contributed by atoms with Gasteiger partial charge in [0.15, 0.2) is 12.6 Å². The molecule has 0 aromatic heterocycles. The fraction of sp³-hybridized carbons (Fsp3) is 0.841. The molecule has 0 bridgehead atoms. The first-order chi connectivity index (χ1) is 27.1. The highest BCUT2D eigenvalue weighted by Gasteiger charge is 2.59. The SMILES string of the molecule is CC[C@H]1OC(=O)[C@H](C)[C@@H](O[C@H]2CC(C)[C@]3(CO3)[C@H](C)O2)[C@H](C)[C@@H](O[C@@H]2O[C@H](C)CC(N(C)Cc3ccc(OC)cc3)[C@H]2O)[C@](C)(O)C[C@@H](C)CN[C@H](C)[C@@H](O)[C@]1(C)O. The van der Waals surface area contributed by atoms with E-state index in [1.807, 2.05) is 59.0 Å². The Morgan fingerprint density at radius 2 is 1.62 bits per heavy atom. The van der Waals surface area contributed by atoms with Gasteiger partial charge in [-0.2, -0.15) is 0 Å². The van der Waals surface area contributed by atoms with E-state index in [0.717, 1.165) is 11.3 Å². The number of rotatable bonds is 9. The van der Waals surface area contributed by atoms with Gasteiger partial charge in [-0.3, -0.25) is 9.69 Å². The highest BCUT2D eigenvalue weighted by Crippen LogP contribution is 2.47. The van der Waals surface area contributed by atoms with Gasteiger partial charge in [0.25, 0.3) is 0 Å². The molecule has 58 heavy (non-hydrogen) atoms. The van der Waals surface area contributed by atoms with Gasteiger partial charge in [0.05, 0.1) is 49.7 Å². The summed E-state index contributed by atoms with van der Waals surface area (Å²) >= 11 is 0. The van der Waals surface area contributed by atoms with Gasteiger partial charge >= 0.3 is 5.97 Å². The second kappa shape index (κ2) is 19.0. The smallest absolute Gasteiger partial charge is 0.311 e. The average molecular weight is 823 g/mol. The first-order valence-corrected chi connectivity index (χ1v) is 21.5. The van der Waals surface area contributed by atoms with Crippen molar-refractivity contribution in [3.8, 4) is 5.75 Å². The van der Waals surface area contributed by atoms with E-state index in [2.05, 4.69) is 17.1 Å². The number of hydrogen-bond donors (Lipinski definition) is 5. The second-order valence-corrected chi connectivity index (χ2v) is 18.6. The molecule has 2 unspecified atom stereocenters. The van der Waals surface area contributed by atoms with Gasteiger partial charge in [-0.15, -0.1) is 0 Å². The van der Waals surface area contributed by atoms with Crippen LogP contribution in [-0.4, -0.2) is 143 Å². The molecule has 18 atom stereocenters. The molecule has 4 saturated heterocycles. The van der Waals surface area contributed by atoms with Crippen molar-refractivity contribution in [3.63, 3.8) is 0 Å². The lowest BCUT2D eigenvalue weighted by Gasteiger charge is -2.48. The van der Waals surface area contributed by atoms with Crippen molar-refractivity contribution in [2.45, 2.75) is 186 Å². The number of ether oxygens (including phenoxy) is 7. The second-order valence-electron chi connectivity index (χ2n) is 18.6. The normalized spacial score (nSPS) is 45.9. The average Bonchev–Trinajstić information content (AvgIpc) is 3.98. The predicted octanol–water partition coefficient (Wildman–Crippen LogP) is 3.78. The molecule has 1 aromatic carbocycles. The van der Waals surface area contributed by atoms with E-state index in [9.17, 15) is 25.2 Å². The Morgan fingerprint density at radius 1 is 0.966 bits per heavy atom. The lowest BCUT2D eigenvalue weighted by atomic mass is 9.77. The Morgan fingerprint density at radius 3 is 2.21 bits per heavy atom. The quantitative estimate of drug-likeness (QED) is 0.179. The number of esters is 1. The van der Waals surface area contributed by atoms with Gasteiger partial charge in [-0.1, -0.05) is 39.8 Å². The molecule has 4 fully saturated rings. The number of cyclic esters (lactones) is 1.